The molecule has 0 spiro atoms. The molecule has 0 aliphatic heterocycles. The molecule has 0 aliphatic rings. The first-order valence-electron chi connectivity index (χ1n) is 8.48. The maximum absolute atomic E-state index is 12.4. The van der Waals surface area contributed by atoms with Gasteiger partial charge in [0, 0.05) is 5.56 Å². The monoisotopic (exact) mass is 405 g/mol. The predicted molar refractivity (Wildman–Crippen MR) is 104 cm³/mol. The summed E-state index contributed by atoms with van der Waals surface area (Å²) in [5, 5.41) is 0. The number of sulfonamides is 1. The maximum Gasteiger partial charge on any atom is 0.269 e. The fourth-order valence-corrected chi connectivity index (χ4v) is 3.67. The summed E-state index contributed by atoms with van der Waals surface area (Å²) >= 11 is 0. The highest BCUT2D eigenvalue weighted by Crippen LogP contribution is 2.15. The van der Waals surface area contributed by atoms with Crippen molar-refractivity contribution < 1.29 is 22.7 Å². The van der Waals surface area contributed by atoms with E-state index in [4.69, 9.17) is 4.74 Å². The van der Waals surface area contributed by atoms with Crippen molar-refractivity contribution in [2.45, 2.75) is 31.7 Å². The van der Waals surface area contributed by atoms with Gasteiger partial charge in [-0.05, 0) is 56.7 Å². The van der Waals surface area contributed by atoms with Crippen molar-refractivity contribution in [1.82, 2.24) is 15.6 Å². The average molecular weight is 405 g/mol. The summed E-state index contributed by atoms with van der Waals surface area (Å²) in [6.07, 6.45) is 0. The van der Waals surface area contributed by atoms with Gasteiger partial charge < -0.3 is 4.74 Å². The number of benzene rings is 2. The molecule has 2 rings (SSSR count). The molecule has 0 saturated heterocycles. The van der Waals surface area contributed by atoms with E-state index in [1.165, 1.54) is 38.3 Å². The van der Waals surface area contributed by atoms with E-state index in [-0.39, 0.29) is 4.90 Å². The van der Waals surface area contributed by atoms with Gasteiger partial charge in [0.1, 0.15) is 5.75 Å². The number of nitrogens with one attached hydrogen (secondary N) is 3. The lowest BCUT2D eigenvalue weighted by molar-refractivity contribution is -0.123. The summed E-state index contributed by atoms with van der Waals surface area (Å²) in [7, 11) is -2.44. The van der Waals surface area contributed by atoms with Gasteiger partial charge in [0.25, 0.3) is 11.8 Å². The van der Waals surface area contributed by atoms with Gasteiger partial charge in [-0.3, -0.25) is 20.4 Å². The molecule has 0 aromatic heterocycles. The van der Waals surface area contributed by atoms with E-state index in [0.29, 0.717) is 11.3 Å². The molecule has 3 N–H and O–H groups in total. The van der Waals surface area contributed by atoms with Crippen molar-refractivity contribution in [3.8, 4) is 5.75 Å². The number of ether oxygens (including phenoxy) is 1. The predicted octanol–water partition coefficient (Wildman–Crippen LogP) is 1.44. The lowest BCUT2D eigenvalue weighted by Crippen LogP contribution is -2.51. The Hall–Kier alpha value is -2.91. The van der Waals surface area contributed by atoms with Gasteiger partial charge in [-0.1, -0.05) is 17.7 Å². The zero-order valence-electron chi connectivity index (χ0n) is 16.1. The first-order valence-corrected chi connectivity index (χ1v) is 9.96. The molecule has 0 heterocycles. The van der Waals surface area contributed by atoms with Gasteiger partial charge in [0.2, 0.25) is 10.0 Å². The highest BCUT2D eigenvalue weighted by molar-refractivity contribution is 7.89. The molecule has 2 aromatic rings. The van der Waals surface area contributed by atoms with Crippen molar-refractivity contribution in [3.05, 3.63) is 59.2 Å². The van der Waals surface area contributed by atoms with Gasteiger partial charge in [0.05, 0.1) is 18.0 Å². The summed E-state index contributed by atoms with van der Waals surface area (Å²) in [5.41, 5.74) is 6.71. The largest absolute Gasteiger partial charge is 0.497 e. The van der Waals surface area contributed by atoms with Crippen molar-refractivity contribution in [1.29, 1.82) is 0 Å². The van der Waals surface area contributed by atoms with Crippen molar-refractivity contribution >= 4 is 21.8 Å². The third kappa shape index (κ3) is 5.30. The molecule has 9 heteroatoms. The molecule has 2 aromatic carbocycles. The van der Waals surface area contributed by atoms with Crippen LogP contribution >= 0.6 is 0 Å². The normalized spacial score (nSPS) is 12.1. The molecular weight excluding hydrogens is 382 g/mol. The summed E-state index contributed by atoms with van der Waals surface area (Å²) < 4.78 is 32.0. The Kier molecular flexibility index (Phi) is 6.76. The maximum atomic E-state index is 12.4. The zero-order chi connectivity index (χ0) is 20.9. The Morgan fingerprint density at radius 1 is 1.00 bits per heavy atom. The molecule has 0 aliphatic carbocycles. The minimum Gasteiger partial charge on any atom is -0.497 e. The van der Waals surface area contributed by atoms with Crippen LogP contribution in [0.25, 0.3) is 0 Å². The molecule has 0 saturated carbocycles. The van der Waals surface area contributed by atoms with E-state index in [1.54, 1.807) is 19.1 Å². The smallest absolute Gasteiger partial charge is 0.269 e. The second kappa shape index (κ2) is 8.85. The first kappa shape index (κ1) is 21.4. The molecule has 0 radical (unpaired) electrons. The van der Waals surface area contributed by atoms with Gasteiger partial charge in [-0.25, -0.2) is 8.42 Å². The van der Waals surface area contributed by atoms with Crippen LogP contribution in [-0.4, -0.2) is 33.4 Å². The van der Waals surface area contributed by atoms with Crippen LogP contribution in [0.15, 0.2) is 47.4 Å². The van der Waals surface area contributed by atoms with E-state index in [0.717, 1.165) is 11.1 Å². The van der Waals surface area contributed by atoms with Crippen molar-refractivity contribution in [2.75, 3.05) is 7.11 Å². The number of hydrogen-bond acceptors (Lipinski definition) is 5. The highest BCUT2D eigenvalue weighted by Gasteiger charge is 2.22. The summed E-state index contributed by atoms with van der Waals surface area (Å²) in [6.45, 7) is 5.07. The summed E-state index contributed by atoms with van der Waals surface area (Å²) in [6, 6.07) is 9.93. The lowest BCUT2D eigenvalue weighted by atomic mass is 10.1. The van der Waals surface area contributed by atoms with Gasteiger partial charge in [-0.15, -0.1) is 0 Å². The van der Waals surface area contributed by atoms with Crippen LogP contribution in [0.4, 0.5) is 0 Å². The Labute approximate surface area is 164 Å². The van der Waals surface area contributed by atoms with Crippen LogP contribution in [0.1, 0.15) is 28.4 Å². The van der Waals surface area contributed by atoms with Gasteiger partial charge in [-0.2, -0.15) is 4.72 Å². The second-order valence-electron chi connectivity index (χ2n) is 6.28. The minimum absolute atomic E-state index is 0.00716. The Morgan fingerprint density at radius 3 is 2.21 bits per heavy atom. The first-order chi connectivity index (χ1) is 13.1. The molecule has 2 amide bonds. The Balaban J connectivity index is 1.97. The topological polar surface area (TPSA) is 114 Å². The van der Waals surface area contributed by atoms with E-state index in [1.807, 2.05) is 13.0 Å². The Morgan fingerprint density at radius 2 is 1.64 bits per heavy atom. The SMILES string of the molecule is COc1ccc(S(=O)(=O)N[C@@H](C)C(=O)NNC(=O)c2ccc(C)cc2C)cc1. The number of methoxy groups -OCH3 is 1. The number of carbonyl (C=O) groups is 2. The average Bonchev–Trinajstić information content (AvgIpc) is 2.65. The van der Waals surface area contributed by atoms with E-state index in [9.17, 15) is 18.0 Å². The number of hydrazine groups is 1. The number of rotatable bonds is 6. The molecule has 150 valence electrons. The quantitative estimate of drug-likeness (QED) is 0.630. The van der Waals surface area contributed by atoms with Crippen LogP contribution in [0.3, 0.4) is 0 Å². The molecule has 1 atom stereocenters. The van der Waals surface area contributed by atoms with E-state index >= 15 is 0 Å². The van der Waals surface area contributed by atoms with E-state index in [2.05, 4.69) is 15.6 Å². The standard InChI is InChI=1S/C19H23N3O5S/c1-12-5-10-17(13(2)11-12)19(24)21-20-18(23)14(3)22-28(25,26)16-8-6-15(27-4)7-9-16/h5-11,14,22H,1-4H3,(H,20,23)(H,21,24)/t14-/m0/s1. The second-order valence-corrected chi connectivity index (χ2v) is 7.99. The minimum atomic E-state index is -3.91. The third-order valence-corrected chi connectivity index (χ3v) is 5.58. The highest BCUT2D eigenvalue weighted by atomic mass is 32.2. The van der Waals surface area contributed by atoms with Crippen molar-refractivity contribution in [3.63, 3.8) is 0 Å². The van der Waals surface area contributed by atoms with Crippen LogP contribution in [0.5, 0.6) is 5.75 Å². The number of aryl methyl sites for hydroxylation is 2. The molecule has 0 bridgehead atoms. The van der Waals surface area contributed by atoms with Crippen LogP contribution in [-0.2, 0) is 14.8 Å². The Bertz CT molecular complexity index is 972. The summed E-state index contributed by atoms with van der Waals surface area (Å²) in [4.78, 5) is 24.3. The van der Waals surface area contributed by atoms with Crippen LogP contribution in [0, 0.1) is 13.8 Å². The van der Waals surface area contributed by atoms with Crippen LogP contribution in [0.2, 0.25) is 0 Å². The van der Waals surface area contributed by atoms with E-state index < -0.39 is 27.9 Å². The zero-order valence-corrected chi connectivity index (χ0v) is 16.9. The molecule has 0 unspecified atom stereocenters. The van der Waals surface area contributed by atoms with Crippen LogP contribution < -0.4 is 20.3 Å². The van der Waals surface area contributed by atoms with Crippen molar-refractivity contribution in [2.24, 2.45) is 0 Å². The molecule has 0 fully saturated rings. The molecule has 8 nitrogen and oxygen atoms in total. The third-order valence-electron chi connectivity index (χ3n) is 4.02. The number of amides is 2. The lowest BCUT2D eigenvalue weighted by Gasteiger charge is -2.15. The summed E-state index contributed by atoms with van der Waals surface area (Å²) in [5.74, 6) is -0.676. The number of hydrogen-bond donors (Lipinski definition) is 3. The van der Waals surface area contributed by atoms with Gasteiger partial charge >= 0.3 is 0 Å². The molecular formula is C19H23N3O5S. The number of carbonyl (C=O) groups excluding carboxylic acids is 2. The molecule has 28 heavy (non-hydrogen) atoms. The fourth-order valence-electron chi connectivity index (χ4n) is 2.47. The van der Waals surface area contributed by atoms with Gasteiger partial charge in [0.15, 0.2) is 0 Å². The fraction of sp³-hybridized carbons (Fsp3) is 0.263.